The molecular formula is C24H23N5O2S. The summed E-state index contributed by atoms with van der Waals surface area (Å²) in [5.74, 6) is 1.65. The van der Waals surface area contributed by atoms with Gasteiger partial charge in [-0.3, -0.25) is 14.3 Å². The smallest absolute Gasteiger partial charge is 0.230 e. The molecular weight excluding hydrogens is 422 g/mol. The highest BCUT2D eigenvalue weighted by Gasteiger charge is 2.16. The molecule has 1 N–H and O–H groups in total. The predicted molar refractivity (Wildman–Crippen MR) is 124 cm³/mol. The monoisotopic (exact) mass is 445 g/mol. The molecule has 4 aromatic rings. The summed E-state index contributed by atoms with van der Waals surface area (Å²) in [5, 5.41) is 12.4. The van der Waals surface area contributed by atoms with E-state index in [1.807, 2.05) is 59.2 Å². The number of nitrogens with zero attached hydrogens (tertiary/aromatic N) is 4. The van der Waals surface area contributed by atoms with E-state index in [9.17, 15) is 4.79 Å². The van der Waals surface area contributed by atoms with Gasteiger partial charge in [-0.15, -0.1) is 10.2 Å². The van der Waals surface area contributed by atoms with E-state index in [0.717, 1.165) is 28.3 Å². The molecule has 0 fully saturated rings. The summed E-state index contributed by atoms with van der Waals surface area (Å²) in [4.78, 5) is 16.6. The number of benzene rings is 2. The fourth-order valence-corrected chi connectivity index (χ4v) is 4.01. The second-order valence-corrected chi connectivity index (χ2v) is 7.93. The van der Waals surface area contributed by atoms with Crippen LogP contribution in [0.1, 0.15) is 11.1 Å². The van der Waals surface area contributed by atoms with Crippen molar-refractivity contribution in [3.05, 3.63) is 90.3 Å². The van der Waals surface area contributed by atoms with Crippen molar-refractivity contribution in [1.29, 1.82) is 0 Å². The third-order valence-corrected chi connectivity index (χ3v) is 5.81. The Kier molecular flexibility index (Phi) is 7.14. The number of ether oxygens (including phenoxy) is 1. The molecule has 32 heavy (non-hydrogen) atoms. The van der Waals surface area contributed by atoms with Crippen LogP contribution >= 0.6 is 11.8 Å². The summed E-state index contributed by atoms with van der Waals surface area (Å²) >= 11 is 1.37. The molecule has 1 amide bonds. The Hall–Kier alpha value is -3.65. The number of carbonyl (C=O) groups excluding carboxylic acids is 1. The lowest BCUT2D eigenvalue weighted by molar-refractivity contribution is -0.118. The molecule has 0 unspecified atom stereocenters. The van der Waals surface area contributed by atoms with Crippen LogP contribution in [0.5, 0.6) is 5.75 Å². The van der Waals surface area contributed by atoms with Gasteiger partial charge >= 0.3 is 0 Å². The number of hydrogen-bond acceptors (Lipinski definition) is 6. The predicted octanol–water partition coefficient (Wildman–Crippen LogP) is 3.81. The Labute approximate surface area is 190 Å². The molecule has 0 bridgehead atoms. The normalized spacial score (nSPS) is 10.7. The molecule has 0 saturated carbocycles. The maximum absolute atomic E-state index is 12.5. The first-order chi connectivity index (χ1) is 15.7. The van der Waals surface area contributed by atoms with Gasteiger partial charge in [0.15, 0.2) is 11.0 Å². The van der Waals surface area contributed by atoms with Crippen LogP contribution in [0.3, 0.4) is 0 Å². The highest BCUT2D eigenvalue weighted by atomic mass is 32.2. The second kappa shape index (κ2) is 10.6. The standard InChI is InChI=1S/C24H23N5O2S/c1-31-21-10-6-5-9-20(21)15-26-22(30)17-32-24-28-27-23(19-11-13-25-14-12-19)29(24)16-18-7-3-2-4-8-18/h2-14H,15-17H2,1H3,(H,26,30). The summed E-state index contributed by atoms with van der Waals surface area (Å²) in [6.07, 6.45) is 3.46. The number of nitrogens with one attached hydrogen (secondary N) is 1. The maximum atomic E-state index is 12.5. The van der Waals surface area contributed by atoms with Gasteiger partial charge < -0.3 is 10.1 Å². The summed E-state index contributed by atoms with van der Waals surface area (Å²) in [5.41, 5.74) is 2.99. The second-order valence-electron chi connectivity index (χ2n) is 6.99. The van der Waals surface area contributed by atoms with Crippen LogP contribution in [0.25, 0.3) is 11.4 Å². The molecule has 0 spiro atoms. The van der Waals surface area contributed by atoms with Crippen LogP contribution in [0.2, 0.25) is 0 Å². The van der Waals surface area contributed by atoms with Crippen LogP contribution in [0, 0.1) is 0 Å². The third kappa shape index (κ3) is 5.33. The zero-order valence-corrected chi connectivity index (χ0v) is 18.5. The number of para-hydroxylation sites is 1. The van der Waals surface area contributed by atoms with Gasteiger partial charge in [0.25, 0.3) is 0 Å². The molecule has 162 valence electrons. The van der Waals surface area contributed by atoms with E-state index in [4.69, 9.17) is 4.74 Å². The molecule has 7 nitrogen and oxygen atoms in total. The van der Waals surface area contributed by atoms with Gasteiger partial charge in [-0.25, -0.2) is 0 Å². The Morgan fingerprint density at radius 3 is 2.53 bits per heavy atom. The van der Waals surface area contributed by atoms with Crippen LogP contribution in [-0.4, -0.2) is 38.5 Å². The molecule has 4 rings (SSSR count). The molecule has 0 atom stereocenters. The van der Waals surface area contributed by atoms with Crippen molar-refractivity contribution in [1.82, 2.24) is 25.1 Å². The number of carbonyl (C=O) groups is 1. The van der Waals surface area contributed by atoms with Crippen molar-refractivity contribution in [2.75, 3.05) is 12.9 Å². The van der Waals surface area contributed by atoms with Crippen LogP contribution in [0.15, 0.2) is 84.3 Å². The van der Waals surface area contributed by atoms with E-state index in [1.165, 1.54) is 11.8 Å². The Morgan fingerprint density at radius 2 is 1.75 bits per heavy atom. The first-order valence-electron chi connectivity index (χ1n) is 10.1. The van der Waals surface area contributed by atoms with Gasteiger partial charge in [-0.2, -0.15) is 0 Å². The average Bonchev–Trinajstić information content (AvgIpc) is 3.25. The van der Waals surface area contributed by atoms with E-state index in [1.54, 1.807) is 19.5 Å². The average molecular weight is 446 g/mol. The Morgan fingerprint density at radius 1 is 1.00 bits per heavy atom. The number of rotatable bonds is 9. The molecule has 0 aliphatic heterocycles. The number of methoxy groups -OCH3 is 1. The minimum Gasteiger partial charge on any atom is -0.496 e. The first-order valence-corrected chi connectivity index (χ1v) is 11.1. The Bertz CT molecular complexity index is 1170. The molecule has 2 aromatic heterocycles. The molecule has 0 radical (unpaired) electrons. The van der Waals surface area contributed by atoms with Gasteiger partial charge in [-0.1, -0.05) is 60.3 Å². The zero-order valence-electron chi connectivity index (χ0n) is 17.6. The third-order valence-electron chi connectivity index (χ3n) is 4.84. The number of pyridine rings is 1. The fourth-order valence-electron chi connectivity index (χ4n) is 3.24. The SMILES string of the molecule is COc1ccccc1CNC(=O)CSc1nnc(-c2ccncc2)n1Cc1ccccc1. The summed E-state index contributed by atoms with van der Waals surface area (Å²) in [6.45, 7) is 1.01. The molecule has 8 heteroatoms. The van der Waals surface area contributed by atoms with Crippen molar-refractivity contribution in [3.8, 4) is 17.1 Å². The molecule has 0 aliphatic rings. The number of hydrogen-bond donors (Lipinski definition) is 1. The quantitative estimate of drug-likeness (QED) is 0.395. The molecule has 2 aromatic carbocycles. The van der Waals surface area contributed by atoms with Crippen molar-refractivity contribution < 1.29 is 9.53 Å². The van der Waals surface area contributed by atoms with E-state index in [-0.39, 0.29) is 11.7 Å². The molecule has 2 heterocycles. The lowest BCUT2D eigenvalue weighted by Gasteiger charge is -2.11. The summed E-state index contributed by atoms with van der Waals surface area (Å²) < 4.78 is 7.37. The van der Waals surface area contributed by atoms with Gasteiger partial charge in [0.05, 0.1) is 19.4 Å². The molecule has 0 saturated heterocycles. The minimum atomic E-state index is -0.0828. The highest BCUT2D eigenvalue weighted by Crippen LogP contribution is 2.25. The van der Waals surface area contributed by atoms with Crippen molar-refractivity contribution >= 4 is 17.7 Å². The van der Waals surface area contributed by atoms with Gasteiger partial charge in [0, 0.05) is 30.1 Å². The van der Waals surface area contributed by atoms with Crippen molar-refractivity contribution in [2.45, 2.75) is 18.2 Å². The lowest BCUT2D eigenvalue weighted by Crippen LogP contribution is -2.25. The minimum absolute atomic E-state index is 0.0828. The van der Waals surface area contributed by atoms with Gasteiger partial charge in [-0.05, 0) is 23.8 Å². The van der Waals surface area contributed by atoms with E-state index >= 15 is 0 Å². The molecule has 0 aliphatic carbocycles. The topological polar surface area (TPSA) is 81.9 Å². The van der Waals surface area contributed by atoms with E-state index < -0.39 is 0 Å². The van der Waals surface area contributed by atoms with Crippen molar-refractivity contribution in [3.63, 3.8) is 0 Å². The zero-order chi connectivity index (χ0) is 22.2. The largest absolute Gasteiger partial charge is 0.496 e. The number of thioether (sulfide) groups is 1. The lowest BCUT2D eigenvalue weighted by atomic mass is 10.2. The fraction of sp³-hybridized carbons (Fsp3) is 0.167. The van der Waals surface area contributed by atoms with Crippen LogP contribution in [-0.2, 0) is 17.9 Å². The van der Waals surface area contributed by atoms with Gasteiger partial charge in [0.2, 0.25) is 5.91 Å². The van der Waals surface area contributed by atoms with Gasteiger partial charge in [0.1, 0.15) is 5.75 Å². The Balaban J connectivity index is 1.47. The first kappa shape index (κ1) is 21.6. The highest BCUT2D eigenvalue weighted by molar-refractivity contribution is 7.99. The number of aromatic nitrogens is 4. The van der Waals surface area contributed by atoms with E-state index in [0.29, 0.717) is 18.2 Å². The number of amides is 1. The maximum Gasteiger partial charge on any atom is 0.230 e. The summed E-state index contributed by atoms with van der Waals surface area (Å²) in [6, 6.07) is 21.6. The summed E-state index contributed by atoms with van der Waals surface area (Å²) in [7, 11) is 1.62. The van der Waals surface area contributed by atoms with Crippen LogP contribution in [0.4, 0.5) is 0 Å². The van der Waals surface area contributed by atoms with E-state index in [2.05, 4.69) is 32.6 Å². The van der Waals surface area contributed by atoms with Crippen LogP contribution < -0.4 is 10.1 Å². The van der Waals surface area contributed by atoms with Crippen molar-refractivity contribution in [2.24, 2.45) is 0 Å².